The van der Waals surface area contributed by atoms with Crippen molar-refractivity contribution in [1.29, 1.82) is 0 Å². The highest BCUT2D eigenvalue weighted by Gasteiger charge is 2.20. The first kappa shape index (κ1) is 18.0. The third-order valence-corrected chi connectivity index (χ3v) is 5.09. The van der Waals surface area contributed by atoms with Crippen molar-refractivity contribution in [2.45, 2.75) is 26.8 Å². The highest BCUT2D eigenvalue weighted by atomic mass is 16.3. The summed E-state index contributed by atoms with van der Waals surface area (Å²) in [6.45, 7) is 4.58. The summed E-state index contributed by atoms with van der Waals surface area (Å²) in [5.41, 5.74) is 5.11. The first-order valence-corrected chi connectivity index (χ1v) is 9.35. The largest absolute Gasteiger partial charge is 0.464 e. The van der Waals surface area contributed by atoms with Gasteiger partial charge in [0, 0.05) is 17.1 Å². The van der Waals surface area contributed by atoms with Gasteiger partial charge in [0.05, 0.1) is 19.2 Å². The van der Waals surface area contributed by atoms with Crippen LogP contribution >= 0.6 is 0 Å². The van der Waals surface area contributed by atoms with Gasteiger partial charge < -0.3 is 4.42 Å². The van der Waals surface area contributed by atoms with E-state index in [1.54, 1.807) is 17.4 Å². The van der Waals surface area contributed by atoms with Gasteiger partial charge in [-0.15, -0.1) is 0 Å². The summed E-state index contributed by atoms with van der Waals surface area (Å²) < 4.78 is 5.78. The molecule has 0 aliphatic rings. The zero-order valence-electron chi connectivity index (χ0n) is 16.1. The Morgan fingerprint density at radius 2 is 1.79 bits per heavy atom. The Kier molecular flexibility index (Phi) is 4.94. The zero-order chi connectivity index (χ0) is 19.5. The summed E-state index contributed by atoms with van der Waals surface area (Å²) in [7, 11) is 0. The summed E-state index contributed by atoms with van der Waals surface area (Å²) in [6, 6.07) is 19.7. The minimum absolute atomic E-state index is 0.0107. The number of anilines is 1. The molecule has 0 saturated heterocycles. The predicted molar refractivity (Wildman–Crippen MR) is 111 cm³/mol. The van der Waals surface area contributed by atoms with Crippen molar-refractivity contribution >= 4 is 22.7 Å². The summed E-state index contributed by atoms with van der Waals surface area (Å²) in [6.07, 6.45) is 3.67. The van der Waals surface area contributed by atoms with Gasteiger partial charge in [0.2, 0.25) is 5.91 Å². The van der Waals surface area contributed by atoms with Crippen LogP contribution in [0.15, 0.2) is 77.5 Å². The number of hydrogen-bond acceptors (Lipinski definition) is 3. The quantitative estimate of drug-likeness (QED) is 0.484. The third-order valence-electron chi connectivity index (χ3n) is 5.09. The van der Waals surface area contributed by atoms with Crippen molar-refractivity contribution in [3.05, 3.63) is 95.4 Å². The van der Waals surface area contributed by atoms with E-state index in [-0.39, 0.29) is 12.3 Å². The number of furan rings is 1. The second kappa shape index (κ2) is 7.69. The van der Waals surface area contributed by atoms with Crippen LogP contribution in [0.1, 0.15) is 22.3 Å². The van der Waals surface area contributed by atoms with Crippen LogP contribution < -0.4 is 4.90 Å². The molecule has 0 unspecified atom stereocenters. The SMILES string of the molecule is Cc1ccc2c(CC(=O)N(Cc3ccccc3)c3ccccn3)coc2c1C. The van der Waals surface area contributed by atoms with E-state index in [0.717, 1.165) is 27.7 Å². The molecule has 0 atom stereocenters. The van der Waals surface area contributed by atoms with Crippen molar-refractivity contribution in [2.75, 3.05) is 4.90 Å². The van der Waals surface area contributed by atoms with Crippen LogP contribution in [0.4, 0.5) is 5.82 Å². The van der Waals surface area contributed by atoms with Crippen LogP contribution in [0.2, 0.25) is 0 Å². The molecule has 2 aromatic carbocycles. The topological polar surface area (TPSA) is 46.3 Å². The van der Waals surface area contributed by atoms with Crippen LogP contribution in [-0.4, -0.2) is 10.9 Å². The standard InChI is InChI=1S/C24H22N2O2/c1-17-11-12-21-20(16-28-24(21)18(17)2)14-23(27)26(22-10-6-7-13-25-22)15-19-8-4-3-5-9-19/h3-13,16H,14-15H2,1-2H3. The van der Waals surface area contributed by atoms with E-state index in [1.807, 2.05) is 61.5 Å². The molecule has 2 heterocycles. The number of aromatic nitrogens is 1. The lowest BCUT2D eigenvalue weighted by Gasteiger charge is -2.22. The molecule has 4 aromatic rings. The number of rotatable bonds is 5. The molecule has 0 aliphatic heterocycles. The number of pyridine rings is 1. The first-order valence-electron chi connectivity index (χ1n) is 9.35. The monoisotopic (exact) mass is 370 g/mol. The highest BCUT2D eigenvalue weighted by Crippen LogP contribution is 2.27. The van der Waals surface area contributed by atoms with E-state index in [1.165, 1.54) is 5.56 Å². The van der Waals surface area contributed by atoms with Crippen LogP contribution in [0.5, 0.6) is 0 Å². The van der Waals surface area contributed by atoms with Crippen molar-refractivity contribution in [3.8, 4) is 0 Å². The number of amides is 1. The molecule has 0 radical (unpaired) electrons. The van der Waals surface area contributed by atoms with E-state index in [9.17, 15) is 4.79 Å². The second-order valence-electron chi connectivity index (χ2n) is 6.98. The normalized spacial score (nSPS) is 10.9. The van der Waals surface area contributed by atoms with E-state index in [4.69, 9.17) is 4.42 Å². The maximum atomic E-state index is 13.3. The lowest BCUT2D eigenvalue weighted by molar-refractivity contribution is -0.118. The van der Waals surface area contributed by atoms with Gasteiger partial charge in [-0.25, -0.2) is 4.98 Å². The Hall–Kier alpha value is -3.40. The maximum absolute atomic E-state index is 13.3. The average molecular weight is 370 g/mol. The van der Waals surface area contributed by atoms with Crippen molar-refractivity contribution in [1.82, 2.24) is 4.98 Å². The Balaban J connectivity index is 1.65. The van der Waals surface area contributed by atoms with Crippen molar-refractivity contribution < 1.29 is 9.21 Å². The minimum atomic E-state index is -0.0107. The number of carbonyl (C=O) groups is 1. The fraction of sp³-hybridized carbons (Fsp3) is 0.167. The van der Waals surface area contributed by atoms with E-state index < -0.39 is 0 Å². The summed E-state index contributed by atoms with van der Waals surface area (Å²) >= 11 is 0. The van der Waals surface area contributed by atoms with Gasteiger partial charge in [-0.2, -0.15) is 0 Å². The Morgan fingerprint density at radius 1 is 1.00 bits per heavy atom. The van der Waals surface area contributed by atoms with Gasteiger partial charge in [0.15, 0.2) is 0 Å². The molecule has 0 spiro atoms. The van der Waals surface area contributed by atoms with Gasteiger partial charge in [-0.1, -0.05) is 48.5 Å². The lowest BCUT2D eigenvalue weighted by Crippen LogP contribution is -2.32. The smallest absolute Gasteiger partial charge is 0.233 e. The van der Waals surface area contributed by atoms with Crippen molar-refractivity contribution in [2.24, 2.45) is 0 Å². The minimum Gasteiger partial charge on any atom is -0.464 e. The van der Waals surface area contributed by atoms with Gasteiger partial charge >= 0.3 is 0 Å². The fourth-order valence-corrected chi connectivity index (χ4v) is 3.36. The Labute approximate surface area is 164 Å². The molecular weight excluding hydrogens is 348 g/mol. The highest BCUT2D eigenvalue weighted by molar-refractivity contribution is 5.97. The molecule has 4 nitrogen and oxygen atoms in total. The van der Waals surface area contributed by atoms with E-state index >= 15 is 0 Å². The van der Waals surface area contributed by atoms with Crippen LogP contribution in [0, 0.1) is 13.8 Å². The molecule has 4 rings (SSSR count). The molecule has 0 N–H and O–H groups in total. The maximum Gasteiger partial charge on any atom is 0.233 e. The third kappa shape index (κ3) is 3.54. The molecule has 2 aromatic heterocycles. The number of hydrogen-bond donors (Lipinski definition) is 0. The molecule has 0 fully saturated rings. The van der Waals surface area contributed by atoms with Crippen LogP contribution in [-0.2, 0) is 17.8 Å². The number of aryl methyl sites for hydroxylation is 2. The number of benzene rings is 2. The van der Waals surface area contributed by atoms with Crippen molar-refractivity contribution in [3.63, 3.8) is 0 Å². The summed E-state index contributed by atoms with van der Waals surface area (Å²) in [5, 5.41) is 0.997. The van der Waals surface area contributed by atoms with E-state index in [0.29, 0.717) is 12.4 Å². The molecule has 0 saturated carbocycles. The zero-order valence-corrected chi connectivity index (χ0v) is 16.1. The fourth-order valence-electron chi connectivity index (χ4n) is 3.36. The Morgan fingerprint density at radius 3 is 2.54 bits per heavy atom. The molecule has 1 amide bonds. The summed E-state index contributed by atoms with van der Waals surface area (Å²) in [4.78, 5) is 19.4. The number of nitrogens with zero attached hydrogens (tertiary/aromatic N) is 2. The van der Waals surface area contributed by atoms with Crippen LogP contribution in [0.3, 0.4) is 0 Å². The predicted octanol–water partition coefficient (Wildman–Crippen LogP) is 5.22. The molecule has 140 valence electrons. The first-order chi connectivity index (χ1) is 13.6. The Bertz CT molecular complexity index is 1100. The number of carbonyl (C=O) groups excluding carboxylic acids is 1. The van der Waals surface area contributed by atoms with Gasteiger partial charge in [0.1, 0.15) is 11.4 Å². The molecule has 4 heteroatoms. The van der Waals surface area contributed by atoms with Crippen LogP contribution in [0.25, 0.3) is 11.0 Å². The van der Waals surface area contributed by atoms with Gasteiger partial charge in [-0.05, 0) is 42.7 Å². The second-order valence-corrected chi connectivity index (χ2v) is 6.98. The molecule has 0 aliphatic carbocycles. The molecule has 0 bridgehead atoms. The van der Waals surface area contributed by atoms with Gasteiger partial charge in [-0.3, -0.25) is 9.69 Å². The summed E-state index contributed by atoms with van der Waals surface area (Å²) in [5.74, 6) is 0.639. The molecule has 28 heavy (non-hydrogen) atoms. The average Bonchev–Trinajstić information content (AvgIpc) is 3.13. The van der Waals surface area contributed by atoms with Gasteiger partial charge in [0.25, 0.3) is 0 Å². The van der Waals surface area contributed by atoms with E-state index in [2.05, 4.69) is 18.0 Å². The lowest BCUT2D eigenvalue weighted by atomic mass is 10.0. The molecular formula is C24H22N2O2. The number of fused-ring (bicyclic) bond motifs is 1.